The molecule has 1 aromatic carbocycles. The number of nitrogens with zero attached hydrogens (tertiary/aromatic N) is 1. The Labute approximate surface area is 127 Å². The Morgan fingerprint density at radius 2 is 2.14 bits per heavy atom. The van der Waals surface area contributed by atoms with Gasteiger partial charge in [0, 0.05) is 32.8 Å². The Morgan fingerprint density at radius 1 is 1.33 bits per heavy atom. The highest BCUT2D eigenvalue weighted by molar-refractivity contribution is 5.38. The quantitative estimate of drug-likeness (QED) is 0.839. The molecule has 2 unspecified atom stereocenters. The van der Waals surface area contributed by atoms with E-state index in [-0.39, 0.29) is 0 Å². The molecule has 0 saturated heterocycles. The number of hydrogen-bond donors (Lipinski definition) is 1. The van der Waals surface area contributed by atoms with Crippen LogP contribution >= 0.6 is 0 Å². The van der Waals surface area contributed by atoms with Crippen molar-refractivity contribution in [3.8, 4) is 5.75 Å². The lowest BCUT2D eigenvalue weighted by atomic mass is 9.86. The number of fused-ring (bicyclic) bond motifs is 1. The van der Waals surface area contributed by atoms with Crippen molar-refractivity contribution in [1.29, 1.82) is 0 Å². The molecule has 1 N–H and O–H groups in total. The van der Waals surface area contributed by atoms with Crippen molar-refractivity contribution >= 4 is 0 Å². The van der Waals surface area contributed by atoms with Gasteiger partial charge in [0.25, 0.3) is 0 Å². The first-order valence-electron chi connectivity index (χ1n) is 7.72. The number of ether oxygens (including phenoxy) is 2. The van der Waals surface area contributed by atoms with E-state index in [4.69, 9.17) is 9.47 Å². The van der Waals surface area contributed by atoms with Gasteiger partial charge in [-0.25, -0.2) is 0 Å². The summed E-state index contributed by atoms with van der Waals surface area (Å²) in [6.45, 7) is 4.53. The van der Waals surface area contributed by atoms with Crippen LogP contribution in [0.1, 0.15) is 36.9 Å². The monoisotopic (exact) mass is 293 g/mol. The third kappa shape index (κ3) is 3.96. The Kier molecular flexibility index (Phi) is 6.03. The Morgan fingerprint density at radius 3 is 2.86 bits per heavy atom. The van der Waals surface area contributed by atoms with Crippen LogP contribution < -0.4 is 0 Å². The van der Waals surface area contributed by atoms with Crippen LogP contribution in [0.4, 0.5) is 0 Å². The molecule has 0 aliphatic heterocycles. The van der Waals surface area contributed by atoms with Crippen LogP contribution in [0.25, 0.3) is 0 Å². The second-order valence-corrected chi connectivity index (χ2v) is 5.83. The van der Waals surface area contributed by atoms with E-state index in [1.165, 1.54) is 11.1 Å². The van der Waals surface area contributed by atoms with Crippen molar-refractivity contribution in [2.75, 3.05) is 34.0 Å². The van der Waals surface area contributed by atoms with Crippen LogP contribution in [0.5, 0.6) is 5.75 Å². The Bertz CT molecular complexity index is 450. The number of benzene rings is 1. The van der Waals surface area contributed by atoms with Gasteiger partial charge >= 0.3 is 0 Å². The van der Waals surface area contributed by atoms with Crippen LogP contribution in [0.3, 0.4) is 0 Å². The lowest BCUT2D eigenvalue weighted by Gasteiger charge is -2.39. The minimum absolute atomic E-state index is 0.343. The smallest absolute Gasteiger partial charge is 0.115 e. The van der Waals surface area contributed by atoms with Crippen molar-refractivity contribution < 1.29 is 14.6 Å². The maximum Gasteiger partial charge on any atom is 0.115 e. The SMILES string of the molecule is COCCN(C(C)COC)C1CCCc2cc(O)ccc21. The van der Waals surface area contributed by atoms with Crippen molar-refractivity contribution in [3.05, 3.63) is 29.3 Å². The Hall–Kier alpha value is -1.10. The van der Waals surface area contributed by atoms with Crippen LogP contribution in [0, 0.1) is 0 Å². The summed E-state index contributed by atoms with van der Waals surface area (Å²) in [5.74, 6) is 0.364. The third-order valence-corrected chi connectivity index (χ3v) is 4.34. The minimum atomic E-state index is 0.343. The van der Waals surface area contributed by atoms with Crippen molar-refractivity contribution in [2.45, 2.75) is 38.3 Å². The molecule has 0 fully saturated rings. The molecule has 2 atom stereocenters. The first-order valence-corrected chi connectivity index (χ1v) is 7.72. The molecular weight excluding hydrogens is 266 g/mol. The highest BCUT2D eigenvalue weighted by Gasteiger charge is 2.29. The maximum atomic E-state index is 9.69. The maximum absolute atomic E-state index is 9.69. The van der Waals surface area contributed by atoms with Crippen LogP contribution in [0.15, 0.2) is 18.2 Å². The predicted octanol–water partition coefficient (Wildman–Crippen LogP) is 2.75. The molecule has 2 rings (SSSR count). The van der Waals surface area contributed by atoms with Gasteiger partial charge in [-0.2, -0.15) is 0 Å². The first kappa shape index (κ1) is 16.3. The van der Waals surface area contributed by atoms with Crippen molar-refractivity contribution in [1.82, 2.24) is 4.90 Å². The van der Waals surface area contributed by atoms with Crippen molar-refractivity contribution in [2.24, 2.45) is 0 Å². The van der Waals surface area contributed by atoms with Gasteiger partial charge in [0.1, 0.15) is 5.75 Å². The summed E-state index contributed by atoms with van der Waals surface area (Å²) in [6, 6.07) is 6.52. The summed E-state index contributed by atoms with van der Waals surface area (Å²) >= 11 is 0. The van der Waals surface area contributed by atoms with Gasteiger partial charge in [-0.3, -0.25) is 4.90 Å². The zero-order chi connectivity index (χ0) is 15.2. The highest BCUT2D eigenvalue weighted by atomic mass is 16.5. The molecule has 4 heteroatoms. The van der Waals surface area contributed by atoms with E-state index < -0.39 is 0 Å². The molecule has 0 radical (unpaired) electrons. The summed E-state index contributed by atoms with van der Waals surface area (Å²) in [6.07, 6.45) is 3.36. The molecule has 1 aliphatic carbocycles. The van der Waals surface area contributed by atoms with Crippen LogP contribution in [-0.2, 0) is 15.9 Å². The number of aryl methyl sites for hydroxylation is 1. The van der Waals surface area contributed by atoms with E-state index in [1.54, 1.807) is 20.3 Å². The van der Waals surface area contributed by atoms with Gasteiger partial charge in [0.15, 0.2) is 0 Å². The fourth-order valence-electron chi connectivity index (χ4n) is 3.34. The van der Waals surface area contributed by atoms with E-state index in [0.717, 1.165) is 32.4 Å². The van der Waals surface area contributed by atoms with Gasteiger partial charge in [-0.1, -0.05) is 6.07 Å². The van der Waals surface area contributed by atoms with Crippen molar-refractivity contribution in [3.63, 3.8) is 0 Å². The van der Waals surface area contributed by atoms with Crippen LogP contribution in [-0.4, -0.2) is 50.0 Å². The van der Waals surface area contributed by atoms with Crippen LogP contribution in [0.2, 0.25) is 0 Å². The zero-order valence-corrected chi connectivity index (χ0v) is 13.3. The summed E-state index contributed by atoms with van der Waals surface area (Å²) < 4.78 is 10.6. The summed E-state index contributed by atoms with van der Waals surface area (Å²) in [5, 5.41) is 9.69. The van der Waals surface area contributed by atoms with E-state index in [1.807, 2.05) is 6.07 Å². The molecule has 0 amide bonds. The molecule has 118 valence electrons. The number of hydrogen-bond acceptors (Lipinski definition) is 4. The second kappa shape index (κ2) is 7.78. The normalized spacial score (nSPS) is 19.5. The number of methoxy groups -OCH3 is 2. The number of phenolic OH excluding ortho intramolecular Hbond substituents is 1. The standard InChI is InChI=1S/C17H27NO3/c1-13(12-21-3)18(9-10-20-2)17-6-4-5-14-11-15(19)7-8-16(14)17/h7-8,11,13,17,19H,4-6,9-10,12H2,1-3H3. The Balaban J connectivity index is 2.24. The molecule has 1 aromatic rings. The summed E-state index contributed by atoms with van der Waals surface area (Å²) in [5.41, 5.74) is 2.62. The molecule has 0 aromatic heterocycles. The molecule has 0 heterocycles. The van der Waals surface area contributed by atoms with Gasteiger partial charge < -0.3 is 14.6 Å². The molecular formula is C17H27NO3. The molecule has 0 saturated carbocycles. The predicted molar refractivity (Wildman–Crippen MR) is 83.7 cm³/mol. The molecule has 0 bridgehead atoms. The largest absolute Gasteiger partial charge is 0.508 e. The fourth-order valence-corrected chi connectivity index (χ4v) is 3.34. The zero-order valence-electron chi connectivity index (χ0n) is 13.3. The molecule has 1 aliphatic rings. The number of phenols is 1. The van der Waals surface area contributed by atoms with E-state index >= 15 is 0 Å². The minimum Gasteiger partial charge on any atom is -0.508 e. The van der Waals surface area contributed by atoms with E-state index in [0.29, 0.717) is 24.4 Å². The van der Waals surface area contributed by atoms with Gasteiger partial charge in [0.2, 0.25) is 0 Å². The number of aromatic hydroxyl groups is 1. The number of rotatable bonds is 7. The van der Waals surface area contributed by atoms with Gasteiger partial charge in [-0.05, 0) is 49.4 Å². The lowest BCUT2D eigenvalue weighted by Crippen LogP contribution is -2.42. The van der Waals surface area contributed by atoms with E-state index in [9.17, 15) is 5.11 Å². The lowest BCUT2D eigenvalue weighted by molar-refractivity contribution is 0.0411. The molecule has 0 spiro atoms. The second-order valence-electron chi connectivity index (χ2n) is 5.83. The topological polar surface area (TPSA) is 41.9 Å². The summed E-state index contributed by atoms with van der Waals surface area (Å²) in [7, 11) is 3.49. The van der Waals surface area contributed by atoms with Gasteiger partial charge in [-0.15, -0.1) is 0 Å². The van der Waals surface area contributed by atoms with E-state index in [2.05, 4.69) is 17.9 Å². The van der Waals surface area contributed by atoms with Gasteiger partial charge in [0.05, 0.1) is 13.2 Å². The average Bonchev–Trinajstić information content (AvgIpc) is 2.47. The molecule has 21 heavy (non-hydrogen) atoms. The fraction of sp³-hybridized carbons (Fsp3) is 0.647. The third-order valence-electron chi connectivity index (χ3n) is 4.34. The first-order chi connectivity index (χ1) is 10.2. The molecule has 4 nitrogen and oxygen atoms in total. The highest BCUT2D eigenvalue weighted by Crippen LogP contribution is 2.36. The average molecular weight is 293 g/mol. The summed E-state index contributed by atoms with van der Waals surface area (Å²) in [4.78, 5) is 2.47.